The molecule has 3 aliphatic rings. The average Bonchev–Trinajstić information content (AvgIpc) is 2.86. The molecule has 0 amide bonds. The van der Waals surface area contributed by atoms with Crippen molar-refractivity contribution in [1.29, 1.82) is 0 Å². The molecule has 2 aromatic rings. The van der Waals surface area contributed by atoms with Crippen molar-refractivity contribution < 1.29 is 23.5 Å². The standard InChI is InChI=1S/C35H40FNO4/c1-7-9-22-14-23(15-29(40-8-2)33(22)41-20-21-10-12-24(36)13-11-21)30-31-25(16-34(3,4)18-27(31)38)37-26-17-35(5,6)19-28(39)32(26)30/h7,10-15,30,37H,1,8-9,16-20H2,2-6H3. The molecule has 5 nitrogen and oxygen atoms in total. The fourth-order valence-electron chi connectivity index (χ4n) is 6.54. The molecule has 0 saturated heterocycles. The van der Waals surface area contributed by atoms with Gasteiger partial charge in [0.2, 0.25) is 0 Å². The van der Waals surface area contributed by atoms with Gasteiger partial charge in [-0.05, 0) is 66.3 Å². The molecule has 1 N–H and O–H groups in total. The lowest BCUT2D eigenvalue weighted by atomic mass is 9.64. The highest BCUT2D eigenvalue weighted by atomic mass is 19.1. The van der Waals surface area contributed by atoms with Crippen LogP contribution >= 0.6 is 0 Å². The molecule has 0 aromatic heterocycles. The van der Waals surface area contributed by atoms with Crippen molar-refractivity contribution in [1.82, 2.24) is 5.32 Å². The summed E-state index contributed by atoms with van der Waals surface area (Å²) < 4.78 is 25.8. The highest BCUT2D eigenvalue weighted by Crippen LogP contribution is 2.52. The quantitative estimate of drug-likeness (QED) is 0.341. The second-order valence-corrected chi connectivity index (χ2v) is 13.1. The number of benzene rings is 2. The van der Waals surface area contributed by atoms with Crippen LogP contribution in [0.4, 0.5) is 4.39 Å². The van der Waals surface area contributed by atoms with E-state index in [0.717, 1.165) is 40.9 Å². The minimum atomic E-state index is -0.470. The zero-order valence-electron chi connectivity index (χ0n) is 24.8. The number of halogens is 1. The Balaban J connectivity index is 1.65. The number of ether oxygens (including phenoxy) is 2. The predicted molar refractivity (Wildman–Crippen MR) is 158 cm³/mol. The van der Waals surface area contributed by atoms with Crippen LogP contribution in [-0.2, 0) is 22.6 Å². The maximum Gasteiger partial charge on any atom is 0.165 e. The van der Waals surface area contributed by atoms with E-state index in [9.17, 15) is 14.0 Å². The van der Waals surface area contributed by atoms with Crippen molar-refractivity contribution in [3.8, 4) is 11.5 Å². The van der Waals surface area contributed by atoms with Gasteiger partial charge < -0.3 is 14.8 Å². The van der Waals surface area contributed by atoms with Gasteiger partial charge in [0.15, 0.2) is 23.1 Å². The molecule has 1 heterocycles. The van der Waals surface area contributed by atoms with Gasteiger partial charge in [-0.2, -0.15) is 0 Å². The number of ketones is 2. The van der Waals surface area contributed by atoms with E-state index in [1.807, 2.05) is 19.1 Å². The van der Waals surface area contributed by atoms with E-state index in [0.29, 0.717) is 48.5 Å². The Kier molecular flexibility index (Phi) is 7.71. The second-order valence-electron chi connectivity index (χ2n) is 13.1. The molecule has 41 heavy (non-hydrogen) atoms. The molecule has 0 atom stereocenters. The van der Waals surface area contributed by atoms with Crippen LogP contribution in [0, 0.1) is 16.6 Å². The van der Waals surface area contributed by atoms with E-state index in [1.165, 1.54) is 12.1 Å². The van der Waals surface area contributed by atoms with Crippen molar-refractivity contribution in [2.45, 2.75) is 79.2 Å². The van der Waals surface area contributed by atoms with E-state index in [4.69, 9.17) is 9.47 Å². The van der Waals surface area contributed by atoms with Crippen LogP contribution in [-0.4, -0.2) is 18.2 Å². The van der Waals surface area contributed by atoms with Crippen LogP contribution in [0.2, 0.25) is 0 Å². The second kappa shape index (κ2) is 11.0. The lowest BCUT2D eigenvalue weighted by Gasteiger charge is -2.44. The third-order valence-corrected chi connectivity index (χ3v) is 8.17. The van der Waals surface area contributed by atoms with E-state index >= 15 is 0 Å². The number of allylic oxidation sites excluding steroid dienone is 5. The number of carbonyl (C=O) groups excluding carboxylic acids is 2. The van der Waals surface area contributed by atoms with Gasteiger partial charge in [0.05, 0.1) is 6.61 Å². The summed E-state index contributed by atoms with van der Waals surface area (Å²) in [6.45, 7) is 15.0. The van der Waals surface area contributed by atoms with Crippen molar-refractivity contribution in [3.05, 3.63) is 94.1 Å². The van der Waals surface area contributed by atoms with Gasteiger partial charge in [-0.15, -0.1) is 6.58 Å². The van der Waals surface area contributed by atoms with Gasteiger partial charge in [0.1, 0.15) is 12.4 Å². The number of hydrogen-bond donors (Lipinski definition) is 1. The van der Waals surface area contributed by atoms with Crippen molar-refractivity contribution in [2.24, 2.45) is 10.8 Å². The summed E-state index contributed by atoms with van der Waals surface area (Å²) in [5.41, 5.74) is 5.47. The Morgan fingerprint density at radius 2 is 1.51 bits per heavy atom. The topological polar surface area (TPSA) is 64.6 Å². The molecule has 0 saturated carbocycles. The van der Waals surface area contributed by atoms with E-state index in [-0.39, 0.29) is 34.8 Å². The van der Waals surface area contributed by atoms with Crippen LogP contribution in [0.15, 0.2) is 71.6 Å². The minimum absolute atomic E-state index is 0.0813. The lowest BCUT2D eigenvalue weighted by Crippen LogP contribution is -2.42. The Morgan fingerprint density at radius 1 is 0.927 bits per heavy atom. The molecule has 1 aliphatic heterocycles. The zero-order chi connectivity index (χ0) is 29.5. The average molecular weight is 558 g/mol. The molecular weight excluding hydrogens is 517 g/mol. The molecule has 2 aliphatic carbocycles. The molecular formula is C35H40FNO4. The Labute approximate surface area is 242 Å². The van der Waals surface area contributed by atoms with Gasteiger partial charge in [-0.25, -0.2) is 4.39 Å². The fourth-order valence-corrected chi connectivity index (χ4v) is 6.54. The lowest BCUT2D eigenvalue weighted by molar-refractivity contribution is -0.119. The van der Waals surface area contributed by atoms with E-state index in [1.54, 1.807) is 18.2 Å². The number of dihydropyridines is 1. The highest BCUT2D eigenvalue weighted by Gasteiger charge is 2.46. The van der Waals surface area contributed by atoms with E-state index in [2.05, 4.69) is 39.6 Å². The van der Waals surface area contributed by atoms with Crippen LogP contribution in [0.25, 0.3) is 0 Å². The number of rotatable bonds is 8. The molecule has 216 valence electrons. The summed E-state index contributed by atoms with van der Waals surface area (Å²) in [6, 6.07) is 10.2. The van der Waals surface area contributed by atoms with Crippen LogP contribution in [0.1, 0.15) is 82.9 Å². The van der Waals surface area contributed by atoms with Crippen molar-refractivity contribution in [3.63, 3.8) is 0 Å². The number of Topliss-reactive ketones (excluding diaryl/α,β-unsaturated/α-hetero) is 2. The maximum absolute atomic E-state index is 13.8. The number of nitrogens with one attached hydrogen (secondary N) is 1. The molecule has 2 aromatic carbocycles. The smallest absolute Gasteiger partial charge is 0.165 e. The summed E-state index contributed by atoms with van der Waals surface area (Å²) in [5, 5.41) is 3.58. The first-order valence-electron chi connectivity index (χ1n) is 14.5. The maximum atomic E-state index is 13.8. The summed E-state index contributed by atoms with van der Waals surface area (Å²) in [4.78, 5) is 27.6. The first-order valence-corrected chi connectivity index (χ1v) is 14.5. The van der Waals surface area contributed by atoms with Gasteiger partial charge in [0.25, 0.3) is 0 Å². The van der Waals surface area contributed by atoms with Crippen LogP contribution in [0.3, 0.4) is 0 Å². The molecule has 0 fully saturated rings. The van der Waals surface area contributed by atoms with Crippen molar-refractivity contribution >= 4 is 11.6 Å². The minimum Gasteiger partial charge on any atom is -0.490 e. The molecule has 6 heteroatoms. The molecule has 0 radical (unpaired) electrons. The highest BCUT2D eigenvalue weighted by molar-refractivity contribution is 6.06. The first kappa shape index (κ1) is 28.8. The third kappa shape index (κ3) is 5.88. The summed E-state index contributed by atoms with van der Waals surface area (Å²) in [5.74, 6) is 0.535. The zero-order valence-corrected chi connectivity index (χ0v) is 24.8. The van der Waals surface area contributed by atoms with Gasteiger partial charge >= 0.3 is 0 Å². The Morgan fingerprint density at radius 3 is 2.05 bits per heavy atom. The van der Waals surface area contributed by atoms with Crippen molar-refractivity contribution in [2.75, 3.05) is 6.61 Å². The Hall–Kier alpha value is -3.67. The van der Waals surface area contributed by atoms with Crippen LogP contribution in [0.5, 0.6) is 11.5 Å². The summed E-state index contributed by atoms with van der Waals surface area (Å²) in [7, 11) is 0. The van der Waals surface area contributed by atoms with Gasteiger partial charge in [-0.3, -0.25) is 9.59 Å². The van der Waals surface area contributed by atoms with E-state index < -0.39 is 5.92 Å². The van der Waals surface area contributed by atoms with Crippen LogP contribution < -0.4 is 14.8 Å². The monoisotopic (exact) mass is 557 g/mol. The normalized spacial score (nSPS) is 19.9. The fraction of sp³-hybridized carbons (Fsp3) is 0.429. The molecule has 0 unspecified atom stereocenters. The summed E-state index contributed by atoms with van der Waals surface area (Å²) in [6.07, 6.45) is 4.67. The largest absolute Gasteiger partial charge is 0.490 e. The molecule has 0 spiro atoms. The third-order valence-electron chi connectivity index (χ3n) is 8.17. The van der Waals surface area contributed by atoms with Gasteiger partial charge in [-0.1, -0.05) is 52.0 Å². The predicted octanol–water partition coefficient (Wildman–Crippen LogP) is 7.51. The summed E-state index contributed by atoms with van der Waals surface area (Å²) >= 11 is 0. The number of carbonyl (C=O) groups is 2. The SMILES string of the molecule is C=CCc1cc(C2C3=C(CC(C)(C)CC3=O)NC3=C2C(=O)CC(C)(C)C3)cc(OCC)c1OCc1ccc(F)cc1. The first-order chi connectivity index (χ1) is 19.4. The Bertz CT molecular complexity index is 1410. The number of hydrogen-bond acceptors (Lipinski definition) is 5. The van der Waals surface area contributed by atoms with Gasteiger partial charge in [0, 0.05) is 46.9 Å². The molecule has 5 rings (SSSR count). The molecule has 0 bridgehead atoms.